The molecule has 0 fully saturated rings. The maximum absolute atomic E-state index is 13.3. The summed E-state index contributed by atoms with van der Waals surface area (Å²) < 4.78 is 13.3. The summed E-state index contributed by atoms with van der Waals surface area (Å²) in [6.45, 7) is 0.244. The molecule has 0 spiro atoms. The average molecular weight is 245 g/mol. The van der Waals surface area contributed by atoms with Gasteiger partial charge in [-0.05, 0) is 18.2 Å². The van der Waals surface area contributed by atoms with Gasteiger partial charge in [-0.25, -0.2) is 4.39 Å². The lowest BCUT2D eigenvalue weighted by Crippen LogP contribution is -2.03. The van der Waals surface area contributed by atoms with Gasteiger partial charge in [0.2, 0.25) is 0 Å². The molecule has 0 amide bonds. The van der Waals surface area contributed by atoms with E-state index in [1.54, 1.807) is 0 Å². The third-order valence-electron chi connectivity index (χ3n) is 1.66. The molecule has 1 N–H and O–H groups in total. The van der Waals surface area contributed by atoms with E-state index in [0.717, 1.165) is 6.07 Å². The van der Waals surface area contributed by atoms with Crippen molar-refractivity contribution in [3.8, 4) is 6.07 Å². The fourth-order valence-electron chi connectivity index (χ4n) is 0.946. The van der Waals surface area contributed by atoms with Gasteiger partial charge >= 0.3 is 0 Å². The molecule has 5 heteroatoms. The second kappa shape index (κ2) is 5.59. The van der Waals surface area contributed by atoms with Crippen molar-refractivity contribution < 1.29 is 4.39 Å². The van der Waals surface area contributed by atoms with Crippen LogP contribution in [0.15, 0.2) is 28.8 Å². The number of benzene rings is 1. The molecule has 0 heterocycles. The van der Waals surface area contributed by atoms with Crippen LogP contribution < -0.4 is 5.32 Å². The first-order valence-corrected chi connectivity index (χ1v) is 4.87. The Balaban J connectivity index is 2.75. The highest BCUT2D eigenvalue weighted by molar-refractivity contribution is 6.36. The second-order valence-electron chi connectivity index (χ2n) is 2.72. The zero-order chi connectivity index (χ0) is 11.3. The van der Waals surface area contributed by atoms with E-state index in [-0.39, 0.29) is 17.8 Å². The van der Waals surface area contributed by atoms with Crippen molar-refractivity contribution in [2.75, 3.05) is 11.9 Å². The molecule has 0 saturated carbocycles. The Bertz CT molecular complexity index is 424. The second-order valence-corrected chi connectivity index (χ2v) is 3.42. The van der Waals surface area contributed by atoms with Crippen LogP contribution in [-0.4, -0.2) is 6.54 Å². The minimum atomic E-state index is -0.493. The van der Waals surface area contributed by atoms with Crippen molar-refractivity contribution in [3.63, 3.8) is 0 Å². The highest BCUT2D eigenvalue weighted by Gasteiger charge is 2.02. The minimum Gasteiger partial charge on any atom is -0.378 e. The summed E-state index contributed by atoms with van der Waals surface area (Å²) >= 11 is 11.0. The molecule has 0 saturated heterocycles. The largest absolute Gasteiger partial charge is 0.378 e. The summed E-state index contributed by atoms with van der Waals surface area (Å²) in [6.07, 6.45) is 0. The molecule has 0 atom stereocenters. The van der Waals surface area contributed by atoms with Gasteiger partial charge in [-0.2, -0.15) is 5.26 Å². The van der Waals surface area contributed by atoms with Crippen LogP contribution in [0.25, 0.3) is 0 Å². The van der Waals surface area contributed by atoms with Gasteiger partial charge in [0.15, 0.2) is 0 Å². The minimum absolute atomic E-state index is 0.244. The molecule has 0 aliphatic rings. The summed E-state index contributed by atoms with van der Waals surface area (Å²) in [6, 6.07) is 5.99. The van der Waals surface area contributed by atoms with Gasteiger partial charge in [0.05, 0.1) is 23.9 Å². The average Bonchev–Trinajstić information content (AvgIpc) is 2.26. The fraction of sp³-hybridized carbons (Fsp3) is 0.100. The van der Waals surface area contributed by atoms with Crippen LogP contribution >= 0.6 is 23.2 Å². The summed E-state index contributed by atoms with van der Waals surface area (Å²) in [5.41, 5.74) is 1.76. The zero-order valence-corrected chi connectivity index (χ0v) is 9.11. The first-order valence-electron chi connectivity index (χ1n) is 4.05. The first kappa shape index (κ1) is 11.8. The SMILES string of the molecule is N#Cc1ccc(NC/C(Cl)=C/Cl)c(F)c1. The molecule has 0 unspecified atom stereocenters. The predicted octanol–water partition coefficient (Wildman–Crippen LogP) is 3.43. The summed E-state index contributed by atoms with van der Waals surface area (Å²) in [7, 11) is 0. The maximum atomic E-state index is 13.3. The maximum Gasteiger partial charge on any atom is 0.147 e. The molecule has 1 aromatic carbocycles. The van der Waals surface area contributed by atoms with Gasteiger partial charge in [0, 0.05) is 10.6 Å². The van der Waals surface area contributed by atoms with Gasteiger partial charge in [-0.3, -0.25) is 0 Å². The number of nitrogens with one attached hydrogen (secondary N) is 1. The summed E-state index contributed by atoms with van der Waals surface area (Å²) in [5.74, 6) is -0.493. The molecular weight excluding hydrogens is 238 g/mol. The lowest BCUT2D eigenvalue weighted by atomic mass is 10.2. The molecule has 15 heavy (non-hydrogen) atoms. The molecule has 78 valence electrons. The lowest BCUT2D eigenvalue weighted by molar-refractivity contribution is 0.630. The van der Waals surface area contributed by atoms with E-state index in [0.29, 0.717) is 5.03 Å². The van der Waals surface area contributed by atoms with E-state index < -0.39 is 5.82 Å². The van der Waals surface area contributed by atoms with Crippen LogP contribution in [0.1, 0.15) is 5.56 Å². The summed E-state index contributed by atoms with van der Waals surface area (Å²) in [5, 5.41) is 11.6. The highest BCUT2D eigenvalue weighted by atomic mass is 35.5. The van der Waals surface area contributed by atoms with Crippen molar-refractivity contribution in [3.05, 3.63) is 40.1 Å². The lowest BCUT2D eigenvalue weighted by Gasteiger charge is -2.06. The zero-order valence-electron chi connectivity index (χ0n) is 7.60. The third-order valence-corrected chi connectivity index (χ3v) is 2.28. The number of hydrogen-bond donors (Lipinski definition) is 1. The van der Waals surface area contributed by atoms with E-state index in [1.165, 1.54) is 17.7 Å². The Morgan fingerprint density at radius 3 is 2.87 bits per heavy atom. The standard InChI is InChI=1S/C10H7Cl2FN2/c11-4-8(12)6-15-10-2-1-7(5-14)3-9(10)13/h1-4,15H,6H2/b8-4-. The number of rotatable bonds is 3. The first-order chi connectivity index (χ1) is 7.17. The van der Waals surface area contributed by atoms with Crippen molar-refractivity contribution in [1.29, 1.82) is 5.26 Å². The van der Waals surface area contributed by atoms with E-state index in [9.17, 15) is 4.39 Å². The Morgan fingerprint density at radius 1 is 1.60 bits per heavy atom. The predicted molar refractivity (Wildman–Crippen MR) is 59.4 cm³/mol. The van der Waals surface area contributed by atoms with Crippen LogP contribution in [0.4, 0.5) is 10.1 Å². The number of nitriles is 1. The molecule has 0 bridgehead atoms. The van der Waals surface area contributed by atoms with Crippen LogP contribution in [0.3, 0.4) is 0 Å². The molecule has 1 rings (SSSR count). The number of halogens is 3. The van der Waals surface area contributed by atoms with Gasteiger partial charge < -0.3 is 5.32 Å². The molecule has 0 aliphatic carbocycles. The van der Waals surface area contributed by atoms with E-state index in [2.05, 4.69) is 5.32 Å². The van der Waals surface area contributed by atoms with Gasteiger partial charge in [0.25, 0.3) is 0 Å². The molecule has 1 aromatic rings. The van der Waals surface area contributed by atoms with Crippen molar-refractivity contribution in [2.45, 2.75) is 0 Å². The van der Waals surface area contributed by atoms with E-state index in [1.807, 2.05) is 6.07 Å². The molecular formula is C10H7Cl2FN2. The normalized spacial score (nSPS) is 10.9. The van der Waals surface area contributed by atoms with Crippen LogP contribution in [-0.2, 0) is 0 Å². The number of anilines is 1. The molecule has 0 radical (unpaired) electrons. The smallest absolute Gasteiger partial charge is 0.147 e. The van der Waals surface area contributed by atoms with E-state index in [4.69, 9.17) is 28.5 Å². The molecule has 0 aliphatic heterocycles. The van der Waals surface area contributed by atoms with Crippen molar-refractivity contribution >= 4 is 28.9 Å². The van der Waals surface area contributed by atoms with Crippen molar-refractivity contribution in [1.82, 2.24) is 0 Å². The van der Waals surface area contributed by atoms with Gasteiger partial charge in [0.1, 0.15) is 5.82 Å². The molecule has 2 nitrogen and oxygen atoms in total. The molecule has 0 aromatic heterocycles. The van der Waals surface area contributed by atoms with Crippen molar-refractivity contribution in [2.24, 2.45) is 0 Å². The Kier molecular flexibility index (Phi) is 4.41. The van der Waals surface area contributed by atoms with Gasteiger partial charge in [-0.15, -0.1) is 0 Å². The van der Waals surface area contributed by atoms with E-state index >= 15 is 0 Å². The highest BCUT2D eigenvalue weighted by Crippen LogP contribution is 2.16. The Morgan fingerprint density at radius 2 is 2.33 bits per heavy atom. The van der Waals surface area contributed by atoms with Crippen LogP contribution in [0.5, 0.6) is 0 Å². The Hall–Kier alpha value is -1.24. The third kappa shape index (κ3) is 3.43. The fourth-order valence-corrected chi connectivity index (χ4v) is 1.09. The van der Waals surface area contributed by atoms with Gasteiger partial charge in [-0.1, -0.05) is 23.2 Å². The monoisotopic (exact) mass is 244 g/mol. The number of nitrogens with zero attached hydrogens (tertiary/aromatic N) is 1. The van der Waals surface area contributed by atoms with Crippen LogP contribution in [0, 0.1) is 17.1 Å². The number of hydrogen-bond acceptors (Lipinski definition) is 2. The Labute approximate surface area is 96.9 Å². The topological polar surface area (TPSA) is 35.8 Å². The van der Waals surface area contributed by atoms with Crippen LogP contribution in [0.2, 0.25) is 0 Å². The summed E-state index contributed by atoms with van der Waals surface area (Å²) in [4.78, 5) is 0. The quantitative estimate of drug-likeness (QED) is 0.885.